The third-order valence-corrected chi connectivity index (χ3v) is 9.47. The van der Waals surface area contributed by atoms with E-state index in [1.807, 2.05) is 0 Å². The number of nitrogen functional groups attached to an aromatic ring is 2. The number of alkyl halides is 1. The van der Waals surface area contributed by atoms with Crippen molar-refractivity contribution in [2.75, 3.05) is 24.7 Å². The lowest BCUT2D eigenvalue weighted by atomic mass is 10.1. The molecule has 0 bridgehead atoms. The zero-order chi connectivity index (χ0) is 31.0. The van der Waals surface area contributed by atoms with Crippen LogP contribution in [0.5, 0.6) is 0 Å². The maximum atomic E-state index is 15.9. The maximum Gasteiger partial charge on any atom is 0.264 e. The number of anilines is 2. The number of aliphatic hydroxyl groups is 1. The van der Waals surface area contributed by atoms with E-state index in [0.29, 0.717) is 11.2 Å². The van der Waals surface area contributed by atoms with Crippen molar-refractivity contribution in [2.45, 2.75) is 49.1 Å². The average Bonchev–Trinajstić information content (AvgIpc) is 3.73. The van der Waals surface area contributed by atoms with Gasteiger partial charge in [0, 0.05) is 6.20 Å². The fourth-order valence-electron chi connectivity index (χ4n) is 5.34. The van der Waals surface area contributed by atoms with Crippen LogP contribution < -0.4 is 11.5 Å². The van der Waals surface area contributed by atoms with Gasteiger partial charge in [0.25, 0.3) is 14.9 Å². The van der Waals surface area contributed by atoms with Gasteiger partial charge in [0.1, 0.15) is 47.9 Å². The molecule has 18 nitrogen and oxygen atoms in total. The molecule has 0 amide bonds. The number of aromatic nitrogens is 7. The Hall–Kier alpha value is -2.99. The lowest BCUT2D eigenvalue weighted by Crippen LogP contribution is -2.38. The molecule has 228 valence electrons. The number of imidazole rings is 2. The Balaban J connectivity index is 1.17. The van der Waals surface area contributed by atoms with Crippen LogP contribution in [0.3, 0.4) is 0 Å². The Morgan fingerprint density at radius 3 is 2.18 bits per heavy atom. The number of rotatable bonds is 2. The smallest absolute Gasteiger partial charge is 0.264 e. The number of pyridine rings is 1. The minimum atomic E-state index is -4.54. The molecule has 0 spiro atoms. The third kappa shape index (κ3) is 5.11. The zero-order valence-electron chi connectivity index (χ0n) is 22.3. The van der Waals surface area contributed by atoms with Gasteiger partial charge in [-0.1, -0.05) is 0 Å². The van der Waals surface area contributed by atoms with Crippen LogP contribution in [0, 0.1) is 0 Å². The Labute approximate surface area is 249 Å². The third-order valence-electron chi connectivity index (χ3n) is 7.38. The van der Waals surface area contributed by atoms with Gasteiger partial charge >= 0.3 is 0 Å². The normalized spacial score (nSPS) is 38.2. The van der Waals surface area contributed by atoms with Gasteiger partial charge in [0.05, 0.1) is 31.6 Å². The molecule has 4 aromatic rings. The van der Waals surface area contributed by atoms with Gasteiger partial charge in [-0.05, 0) is 6.07 Å². The van der Waals surface area contributed by atoms with Gasteiger partial charge in [-0.25, -0.2) is 29.3 Å². The first-order valence-corrected chi connectivity index (χ1v) is 16.2. The molecule has 23 heteroatoms. The van der Waals surface area contributed by atoms with Crippen molar-refractivity contribution in [1.82, 2.24) is 34.1 Å². The Morgan fingerprint density at radius 1 is 0.864 bits per heavy atom. The molecule has 0 aliphatic carbocycles. The number of aliphatic hydroxyl groups excluding tert-OH is 1. The van der Waals surface area contributed by atoms with Crippen LogP contribution in [0.1, 0.15) is 12.5 Å². The first-order valence-electron chi connectivity index (χ1n) is 13.0. The molecule has 7 heterocycles. The summed E-state index contributed by atoms with van der Waals surface area (Å²) in [6, 6.07) is 1.52. The molecule has 3 fully saturated rings. The summed E-state index contributed by atoms with van der Waals surface area (Å²) >= 11 is 0. The number of nitrogens with zero attached hydrogens (tertiary/aromatic N) is 7. The quantitative estimate of drug-likeness (QED) is 0.196. The number of hydrogen-bond donors (Lipinski definition) is 3. The highest BCUT2D eigenvalue weighted by Crippen LogP contribution is 2.53. The highest BCUT2D eigenvalue weighted by molar-refractivity contribution is 7.79. The van der Waals surface area contributed by atoms with E-state index in [2.05, 4.69) is 24.9 Å². The lowest BCUT2D eigenvalue weighted by Gasteiger charge is -2.30. The van der Waals surface area contributed by atoms with Crippen molar-refractivity contribution in [3.8, 4) is 0 Å². The van der Waals surface area contributed by atoms with Gasteiger partial charge in [-0.3, -0.25) is 18.3 Å². The molecule has 7 rings (SSSR count). The second-order valence-corrected chi connectivity index (χ2v) is 13.3. The number of fused-ring (bicyclic) bond motifs is 4. The summed E-state index contributed by atoms with van der Waals surface area (Å²) < 4.78 is 78.5. The first-order chi connectivity index (χ1) is 20.9. The van der Waals surface area contributed by atoms with Gasteiger partial charge in [0.2, 0.25) is 15.1 Å². The predicted octanol–water partition coefficient (Wildman–Crippen LogP) is 0.300. The molecule has 4 unspecified atom stereocenters. The first kappa shape index (κ1) is 29.7. The fourth-order valence-corrected chi connectivity index (χ4v) is 7.36. The van der Waals surface area contributed by atoms with Gasteiger partial charge < -0.3 is 44.1 Å². The SMILES string of the molecule is [B]P1(=O)OC[C@H]2O[C@@H](n3cnc4c(N)ncnc43)C(O)[C@H]2OP([B])(=O)OC[C@H]2O[C@@H](n3cnc4c(N)ccnc43)[C@@H](F)C2O1. The van der Waals surface area contributed by atoms with E-state index in [-0.39, 0.29) is 22.6 Å². The molecular weight excluding hydrogens is 625 g/mol. The molecule has 0 aromatic carbocycles. The largest absolute Gasteiger partial charge is 0.397 e. The summed E-state index contributed by atoms with van der Waals surface area (Å²) in [5.74, 6) is 0.0798. The fraction of sp³-hybridized carbons (Fsp3) is 0.476. The summed E-state index contributed by atoms with van der Waals surface area (Å²) in [6.45, 7) is -1.30. The van der Waals surface area contributed by atoms with E-state index in [9.17, 15) is 14.2 Å². The number of nitrogens with two attached hydrogens (primary N) is 2. The number of ether oxygens (including phenoxy) is 2. The Morgan fingerprint density at radius 2 is 1.45 bits per heavy atom. The average molecular weight is 647 g/mol. The molecular formula is C21H22B2FN9O9P2. The van der Waals surface area contributed by atoms with Crippen molar-refractivity contribution in [3.63, 3.8) is 0 Å². The molecule has 3 aliphatic rings. The van der Waals surface area contributed by atoms with Gasteiger partial charge in [-0.2, -0.15) is 0 Å². The monoisotopic (exact) mass is 647 g/mol. The zero-order valence-corrected chi connectivity index (χ0v) is 24.1. The molecule has 10 atom stereocenters. The van der Waals surface area contributed by atoms with Crippen molar-refractivity contribution in [1.29, 1.82) is 0 Å². The van der Waals surface area contributed by atoms with Crippen LogP contribution in [-0.2, 0) is 36.7 Å². The van der Waals surface area contributed by atoms with Crippen molar-refractivity contribution in [2.24, 2.45) is 0 Å². The van der Waals surface area contributed by atoms with E-state index in [4.69, 9.17) is 54.2 Å². The Bertz CT molecular complexity index is 1710. The molecule has 44 heavy (non-hydrogen) atoms. The predicted molar refractivity (Wildman–Crippen MR) is 149 cm³/mol. The second-order valence-electron chi connectivity index (χ2n) is 10.2. The summed E-state index contributed by atoms with van der Waals surface area (Å²) in [5, 5.41) is 11.2. The number of hydrogen-bond acceptors (Lipinski definition) is 16. The van der Waals surface area contributed by atoms with E-state index in [1.54, 1.807) is 0 Å². The summed E-state index contributed by atoms with van der Waals surface area (Å²) in [7, 11) is 2.69. The van der Waals surface area contributed by atoms with Gasteiger partial charge in [-0.15, -0.1) is 0 Å². The molecule has 5 N–H and O–H groups in total. The van der Waals surface area contributed by atoms with Crippen molar-refractivity contribution < 1.29 is 46.2 Å². The van der Waals surface area contributed by atoms with E-state index in [1.165, 1.54) is 40.4 Å². The minimum absolute atomic E-state index is 0.0798. The van der Waals surface area contributed by atoms with E-state index < -0.39 is 77.3 Å². The summed E-state index contributed by atoms with van der Waals surface area (Å²) in [6.07, 6.45) is -6.91. The number of halogens is 1. The molecule has 4 aromatic heterocycles. The highest BCUT2D eigenvalue weighted by Gasteiger charge is 2.53. The lowest BCUT2D eigenvalue weighted by molar-refractivity contribution is -0.0558. The topological polar surface area (TPSA) is 236 Å². The van der Waals surface area contributed by atoms with E-state index >= 15 is 4.39 Å². The molecule has 3 saturated heterocycles. The van der Waals surface area contributed by atoms with Crippen LogP contribution in [0.2, 0.25) is 0 Å². The van der Waals surface area contributed by atoms with Crippen molar-refractivity contribution >= 4 is 63.9 Å². The standard InChI is InChI=1S/C21H22B2FN9O9P2/c22-43(35)38-4-10-16(14(34)21(40-10)33-7-31-13-17(26)28-5-29-19(13)33)42-44(23,36)37-3-9-15(41-43)11(24)20(39-9)32-6-30-12-8(25)1-2-27-18(12)32/h1-2,5-7,9-11,14-16,20-21,34H,3-4H2,(H2,25,27)(H2,26,28,29)/t9-,10-,11+,14?,15?,16+,20-,21-,43?,44?/m1/s1. The van der Waals surface area contributed by atoms with Gasteiger partial charge in [0.15, 0.2) is 35.7 Å². The summed E-state index contributed by atoms with van der Waals surface area (Å²) in [5.41, 5.74) is 13.0. The van der Waals surface area contributed by atoms with Crippen LogP contribution in [0.15, 0.2) is 31.2 Å². The van der Waals surface area contributed by atoms with Crippen LogP contribution in [-0.4, -0.2) is 104 Å². The molecule has 0 saturated carbocycles. The maximum absolute atomic E-state index is 15.9. The van der Waals surface area contributed by atoms with Crippen LogP contribution in [0.25, 0.3) is 22.3 Å². The summed E-state index contributed by atoms with van der Waals surface area (Å²) in [4.78, 5) is 20.5. The molecule has 4 radical (unpaired) electrons. The van der Waals surface area contributed by atoms with E-state index in [0.717, 1.165) is 0 Å². The van der Waals surface area contributed by atoms with Crippen LogP contribution >= 0.6 is 14.9 Å². The van der Waals surface area contributed by atoms with Crippen molar-refractivity contribution in [3.05, 3.63) is 31.2 Å². The molecule has 3 aliphatic heterocycles. The minimum Gasteiger partial charge on any atom is -0.397 e. The Kier molecular flexibility index (Phi) is 7.31. The second kappa shape index (κ2) is 10.8. The van der Waals surface area contributed by atoms with Crippen LogP contribution in [0.4, 0.5) is 15.9 Å². The highest BCUT2D eigenvalue weighted by atomic mass is 31.2.